The van der Waals surface area contributed by atoms with Crippen molar-refractivity contribution in [3.05, 3.63) is 0 Å². The molecule has 3 heteroatoms. The maximum atomic E-state index is 6.50. The quantitative estimate of drug-likeness (QED) is 0.461. The number of nitriles is 1. The van der Waals surface area contributed by atoms with Crippen molar-refractivity contribution in [2.24, 2.45) is 0 Å². The second-order valence-corrected chi connectivity index (χ2v) is 0. The molecule has 3 radical (unpaired) electrons. The van der Waals surface area contributed by atoms with Crippen LogP contribution in [0.1, 0.15) is 0 Å². The maximum absolute atomic E-state index is 6.50. The molecule has 0 aliphatic rings. The summed E-state index contributed by atoms with van der Waals surface area (Å²) < 4.78 is 0. The van der Waals surface area contributed by atoms with Crippen LogP contribution in [0.25, 0.3) is 0 Å². The van der Waals surface area contributed by atoms with Crippen LogP contribution in [0.4, 0.5) is 0 Å². The average Bonchev–Trinajstić information content (AvgIpc) is 1.00. The monoisotopic (exact) mass is 434 g/mol. The molecule has 0 aliphatic heterocycles. The Kier molecular flexibility index (Phi) is 149. The van der Waals surface area contributed by atoms with E-state index in [1.54, 1.807) is 0 Å². The summed E-state index contributed by atoms with van der Waals surface area (Å²) >= 11 is 0. The Balaban J connectivity index is -0.00000000500. The number of nitrogens with zero attached hydrogens (tertiary/aromatic N) is 1. The van der Waals surface area contributed by atoms with E-state index >= 15 is 0 Å². The molecule has 1 nitrogen and oxygen atoms in total. The van der Waals surface area contributed by atoms with Crippen molar-refractivity contribution in [3.8, 4) is 6.57 Å². The topological polar surface area (TPSA) is 23.8 Å². The summed E-state index contributed by atoms with van der Waals surface area (Å²) in [6.07, 6.45) is 0. The van der Waals surface area contributed by atoms with Crippen LogP contribution in [-0.2, 0) is 22.4 Å². The van der Waals surface area contributed by atoms with Gasteiger partial charge in [0.25, 0.3) is 0 Å². The SMILES string of the molecule is C#N.[Au].[PbH2]. The van der Waals surface area contributed by atoms with E-state index in [1.165, 1.54) is 0 Å². The molecule has 0 bridgehead atoms. The molecule has 0 aromatic rings. The number of rotatable bonds is 0. The summed E-state index contributed by atoms with van der Waals surface area (Å²) in [5.74, 6) is 0. The normalized spacial score (nSPS) is 0.500. The van der Waals surface area contributed by atoms with Gasteiger partial charge >= 0.3 is 27.3 Å². The zero-order chi connectivity index (χ0) is 2.00. The molecule has 0 amide bonds. The molecule has 4 heavy (non-hydrogen) atoms. The Labute approximate surface area is 61.0 Å². The van der Waals surface area contributed by atoms with Gasteiger partial charge in [0.15, 0.2) is 0 Å². The van der Waals surface area contributed by atoms with Crippen molar-refractivity contribution in [1.82, 2.24) is 0 Å². The van der Waals surface area contributed by atoms with E-state index in [0.717, 1.165) is 0 Å². The predicted molar refractivity (Wildman–Crippen MR) is 15.2 cm³/mol. The second-order valence-electron chi connectivity index (χ2n) is 0. The van der Waals surface area contributed by atoms with Crippen LogP contribution in [0.15, 0.2) is 0 Å². The van der Waals surface area contributed by atoms with Crippen LogP contribution < -0.4 is 0 Å². The predicted octanol–water partition coefficient (Wildman–Crippen LogP) is -0.779. The van der Waals surface area contributed by atoms with Gasteiger partial charge in [-0.15, -0.1) is 0 Å². The molecule has 0 rings (SSSR count). The molecule has 0 N–H and O–H groups in total. The van der Waals surface area contributed by atoms with Crippen molar-refractivity contribution >= 4 is 27.3 Å². The summed E-state index contributed by atoms with van der Waals surface area (Å²) in [7, 11) is 0. The molecule has 0 aromatic heterocycles. The molecule has 0 saturated heterocycles. The fourth-order valence-electron chi connectivity index (χ4n) is 0. The third-order valence-corrected chi connectivity index (χ3v) is 0. The van der Waals surface area contributed by atoms with E-state index in [4.69, 9.17) is 5.26 Å². The third kappa shape index (κ3) is 11.0. The van der Waals surface area contributed by atoms with Crippen LogP contribution in [0.5, 0.6) is 0 Å². The third-order valence-electron chi connectivity index (χ3n) is 0. The van der Waals surface area contributed by atoms with Gasteiger partial charge in [-0.1, -0.05) is 0 Å². The summed E-state index contributed by atoms with van der Waals surface area (Å²) in [6.45, 7) is 3.50. The summed E-state index contributed by atoms with van der Waals surface area (Å²) in [4.78, 5) is 0. The van der Waals surface area contributed by atoms with E-state index in [0.29, 0.717) is 0 Å². The summed E-state index contributed by atoms with van der Waals surface area (Å²) in [6, 6.07) is 0. The van der Waals surface area contributed by atoms with E-state index in [1.807, 2.05) is 0 Å². The van der Waals surface area contributed by atoms with Gasteiger partial charge in [0.2, 0.25) is 0 Å². The zero-order valence-electron chi connectivity index (χ0n) is 2.03. The van der Waals surface area contributed by atoms with Gasteiger partial charge in [-0.2, -0.15) is 0 Å². The Morgan fingerprint density at radius 1 is 1.25 bits per heavy atom. The van der Waals surface area contributed by atoms with Gasteiger partial charge in [0.05, 0.1) is 0 Å². The number of hydrogen-bond donors (Lipinski definition) is 0. The van der Waals surface area contributed by atoms with Gasteiger partial charge in [0, 0.05) is 29.0 Å². The average molecular weight is 433 g/mol. The molecule has 0 spiro atoms. The van der Waals surface area contributed by atoms with E-state index in [-0.39, 0.29) is 49.7 Å². The van der Waals surface area contributed by atoms with Gasteiger partial charge in [0.1, 0.15) is 0 Å². The van der Waals surface area contributed by atoms with E-state index < -0.39 is 0 Å². The van der Waals surface area contributed by atoms with Crippen molar-refractivity contribution < 1.29 is 22.4 Å². The van der Waals surface area contributed by atoms with Gasteiger partial charge in [-0.05, 0) is 0 Å². The van der Waals surface area contributed by atoms with Crippen LogP contribution in [0, 0.1) is 11.8 Å². The Morgan fingerprint density at radius 2 is 1.25 bits per heavy atom. The van der Waals surface area contributed by atoms with Crippen LogP contribution in [0.3, 0.4) is 0 Å². The molecule has 0 heterocycles. The first-order chi connectivity index (χ1) is 1.00. The number of hydrogen-bond acceptors (Lipinski definition) is 1. The molecule has 0 fully saturated rings. The Morgan fingerprint density at radius 3 is 1.25 bits per heavy atom. The first kappa shape index (κ1) is 19.2. The van der Waals surface area contributed by atoms with Crippen LogP contribution >= 0.6 is 0 Å². The van der Waals surface area contributed by atoms with Crippen molar-refractivity contribution in [2.45, 2.75) is 0 Å². The van der Waals surface area contributed by atoms with Gasteiger partial charge in [-0.25, -0.2) is 5.26 Å². The van der Waals surface area contributed by atoms with Crippen LogP contribution in [-0.4, -0.2) is 27.3 Å². The fourth-order valence-corrected chi connectivity index (χ4v) is 0. The molecular weight excluding hydrogens is 430 g/mol. The molecule has 0 unspecified atom stereocenters. The van der Waals surface area contributed by atoms with Gasteiger partial charge in [-0.3, -0.25) is 0 Å². The minimum absolute atomic E-state index is 0. The van der Waals surface area contributed by atoms with E-state index in [2.05, 4.69) is 6.57 Å². The second kappa shape index (κ2) is 31.1. The molecule has 27 valence electrons. The first-order valence-electron chi connectivity index (χ1n) is 0.258. The fraction of sp³-hybridized carbons (Fsp3) is 0. The van der Waals surface area contributed by atoms with Gasteiger partial charge < -0.3 is 0 Å². The summed E-state index contributed by atoms with van der Waals surface area (Å²) in [5, 5.41) is 6.50. The zero-order valence-corrected chi connectivity index (χ0v) is 9.70. The minimum atomic E-state index is 0. The van der Waals surface area contributed by atoms with Crippen LogP contribution in [0.2, 0.25) is 0 Å². The first-order valence-corrected chi connectivity index (χ1v) is 0.258. The van der Waals surface area contributed by atoms with Crippen molar-refractivity contribution in [2.75, 3.05) is 0 Å². The molecular formula is CH3AuNPb. The van der Waals surface area contributed by atoms with E-state index in [9.17, 15) is 0 Å². The van der Waals surface area contributed by atoms with Crippen molar-refractivity contribution in [3.63, 3.8) is 0 Å². The molecule has 0 aliphatic carbocycles. The standard InChI is InChI=1S/CHN.Au.Pb.2H/c1-2;;;;/h1H;;;;. The van der Waals surface area contributed by atoms with Crippen molar-refractivity contribution in [1.29, 1.82) is 5.26 Å². The molecule has 0 aromatic carbocycles. The Bertz CT molecular complexity index is 12.8. The Hall–Kier alpha value is 1.15. The molecule has 0 saturated carbocycles. The summed E-state index contributed by atoms with van der Waals surface area (Å²) in [5.41, 5.74) is 0. The molecule has 0 atom stereocenters.